The van der Waals surface area contributed by atoms with Gasteiger partial charge in [0.25, 0.3) is 11.5 Å². The first-order valence-electron chi connectivity index (χ1n) is 9.47. The second kappa shape index (κ2) is 8.60. The lowest BCUT2D eigenvalue weighted by Crippen LogP contribution is -2.28. The summed E-state index contributed by atoms with van der Waals surface area (Å²) in [4.78, 5) is 29.6. The molecule has 0 aliphatic rings. The van der Waals surface area contributed by atoms with Crippen LogP contribution >= 0.6 is 11.6 Å². The highest BCUT2D eigenvalue weighted by Crippen LogP contribution is 2.14. The third-order valence-corrected chi connectivity index (χ3v) is 4.98. The number of aryl methyl sites for hydroxylation is 1. The Morgan fingerprint density at radius 3 is 2.77 bits per heavy atom. The minimum Gasteiger partial charge on any atom is -0.479 e. The van der Waals surface area contributed by atoms with Crippen LogP contribution in [0.1, 0.15) is 15.9 Å². The summed E-state index contributed by atoms with van der Waals surface area (Å²) < 4.78 is 9.72. The van der Waals surface area contributed by atoms with Gasteiger partial charge in [0.2, 0.25) is 5.88 Å². The van der Waals surface area contributed by atoms with Gasteiger partial charge >= 0.3 is 0 Å². The van der Waals surface area contributed by atoms with E-state index in [9.17, 15) is 9.59 Å². The summed E-state index contributed by atoms with van der Waals surface area (Å²) in [5.74, 6) is -0.0489. The molecule has 3 heterocycles. The van der Waals surface area contributed by atoms with Gasteiger partial charge in [-0.15, -0.1) is 5.10 Å². The van der Waals surface area contributed by atoms with Crippen molar-refractivity contribution < 1.29 is 9.53 Å². The molecule has 11 heteroatoms. The average Bonchev–Trinajstić information content (AvgIpc) is 3.35. The standard InChI is InChI=1S/C20H20ClN7O3/c1-26-11-16(19(25-26)31-2)18(29)22-7-8-28-17-15(9-24-28)20(30)27(12-23-17)10-13-3-5-14(21)6-4-13/h3-6,9,11-12H,7-8,10H2,1-2H3,(H,22,29). The van der Waals surface area contributed by atoms with E-state index in [2.05, 4.69) is 20.5 Å². The van der Waals surface area contributed by atoms with Gasteiger partial charge in [0.1, 0.15) is 17.3 Å². The Kier molecular flexibility index (Phi) is 5.72. The number of carbonyl (C=O) groups is 1. The number of aromatic nitrogens is 6. The van der Waals surface area contributed by atoms with E-state index in [-0.39, 0.29) is 17.3 Å². The van der Waals surface area contributed by atoms with Gasteiger partial charge in [0.05, 0.1) is 26.4 Å². The summed E-state index contributed by atoms with van der Waals surface area (Å²) in [6.07, 6.45) is 4.58. The normalized spacial score (nSPS) is 11.1. The zero-order valence-electron chi connectivity index (χ0n) is 16.9. The Morgan fingerprint density at radius 1 is 1.26 bits per heavy atom. The quantitative estimate of drug-likeness (QED) is 0.465. The van der Waals surface area contributed by atoms with E-state index >= 15 is 0 Å². The minimum absolute atomic E-state index is 0.185. The summed E-state index contributed by atoms with van der Waals surface area (Å²) in [6.45, 7) is 1.03. The molecule has 0 atom stereocenters. The smallest absolute Gasteiger partial charge is 0.264 e. The predicted octanol–water partition coefficient (Wildman–Crippen LogP) is 1.47. The van der Waals surface area contributed by atoms with Gasteiger partial charge in [-0.1, -0.05) is 23.7 Å². The molecule has 3 aromatic heterocycles. The molecule has 0 fully saturated rings. The number of nitrogens with zero attached hydrogens (tertiary/aromatic N) is 6. The number of amides is 1. The van der Waals surface area contributed by atoms with Gasteiger partial charge in [-0.2, -0.15) is 5.10 Å². The van der Waals surface area contributed by atoms with Crippen molar-refractivity contribution >= 4 is 28.5 Å². The second-order valence-electron chi connectivity index (χ2n) is 6.89. The van der Waals surface area contributed by atoms with Crippen LogP contribution in [0.25, 0.3) is 11.0 Å². The fourth-order valence-electron chi connectivity index (χ4n) is 3.21. The van der Waals surface area contributed by atoms with Crippen LogP contribution in [-0.2, 0) is 20.1 Å². The van der Waals surface area contributed by atoms with E-state index in [0.29, 0.717) is 41.3 Å². The van der Waals surface area contributed by atoms with Crippen molar-refractivity contribution in [3.8, 4) is 5.88 Å². The lowest BCUT2D eigenvalue weighted by Gasteiger charge is -2.07. The number of carbonyl (C=O) groups excluding carboxylic acids is 1. The van der Waals surface area contributed by atoms with Gasteiger partial charge in [0, 0.05) is 24.8 Å². The molecule has 160 valence electrons. The molecule has 0 radical (unpaired) electrons. The maximum absolute atomic E-state index is 12.8. The molecule has 1 aromatic carbocycles. The van der Waals surface area contributed by atoms with E-state index in [4.69, 9.17) is 16.3 Å². The monoisotopic (exact) mass is 441 g/mol. The molecule has 0 saturated heterocycles. The lowest BCUT2D eigenvalue weighted by atomic mass is 10.2. The van der Waals surface area contributed by atoms with E-state index in [0.717, 1.165) is 5.56 Å². The molecule has 0 spiro atoms. The molecule has 4 aromatic rings. The number of hydrogen-bond donors (Lipinski definition) is 1. The van der Waals surface area contributed by atoms with Gasteiger partial charge in [-0.05, 0) is 17.7 Å². The van der Waals surface area contributed by atoms with Crippen LogP contribution in [0.5, 0.6) is 5.88 Å². The SMILES string of the molecule is COc1nn(C)cc1C(=O)NCCn1ncc2c(=O)n(Cc3ccc(Cl)cc3)cnc21. The number of ether oxygens (including phenoxy) is 1. The Balaban J connectivity index is 1.45. The molecular weight excluding hydrogens is 422 g/mol. The van der Waals surface area contributed by atoms with Crippen LogP contribution in [-0.4, -0.2) is 48.7 Å². The van der Waals surface area contributed by atoms with E-state index < -0.39 is 0 Å². The molecule has 31 heavy (non-hydrogen) atoms. The number of nitrogens with one attached hydrogen (secondary N) is 1. The van der Waals surface area contributed by atoms with Crippen molar-refractivity contribution in [3.05, 3.63) is 69.5 Å². The summed E-state index contributed by atoms with van der Waals surface area (Å²) in [7, 11) is 3.17. The molecule has 1 amide bonds. The number of rotatable bonds is 7. The number of methoxy groups -OCH3 is 1. The highest BCUT2D eigenvalue weighted by Gasteiger charge is 2.16. The first-order chi connectivity index (χ1) is 15.0. The first kappa shape index (κ1) is 20.6. The number of benzene rings is 1. The molecule has 0 unspecified atom stereocenters. The van der Waals surface area contributed by atoms with Crippen LogP contribution in [0, 0.1) is 0 Å². The lowest BCUT2D eigenvalue weighted by molar-refractivity contribution is 0.0949. The van der Waals surface area contributed by atoms with E-state index in [1.54, 1.807) is 30.1 Å². The predicted molar refractivity (Wildman–Crippen MR) is 114 cm³/mol. The summed E-state index contributed by atoms with van der Waals surface area (Å²) in [5, 5.41) is 12.2. The number of fused-ring (bicyclic) bond motifs is 1. The van der Waals surface area contributed by atoms with Crippen molar-refractivity contribution in [1.82, 2.24) is 34.4 Å². The van der Waals surface area contributed by atoms with Crippen LogP contribution in [0.2, 0.25) is 5.02 Å². The first-order valence-corrected chi connectivity index (χ1v) is 9.85. The van der Waals surface area contributed by atoms with Crippen molar-refractivity contribution in [2.45, 2.75) is 13.1 Å². The molecule has 10 nitrogen and oxygen atoms in total. The molecule has 1 N–H and O–H groups in total. The topological polar surface area (TPSA) is 109 Å². The van der Waals surface area contributed by atoms with E-state index in [1.165, 1.54) is 28.9 Å². The Hall–Kier alpha value is -3.66. The fraction of sp³-hybridized carbons (Fsp3) is 0.250. The van der Waals surface area contributed by atoms with Crippen molar-refractivity contribution in [1.29, 1.82) is 0 Å². The minimum atomic E-state index is -0.306. The van der Waals surface area contributed by atoms with E-state index in [1.807, 2.05) is 12.1 Å². The zero-order valence-corrected chi connectivity index (χ0v) is 17.7. The van der Waals surface area contributed by atoms with Gasteiger partial charge in [-0.3, -0.25) is 18.8 Å². The highest BCUT2D eigenvalue weighted by molar-refractivity contribution is 6.30. The Morgan fingerprint density at radius 2 is 2.03 bits per heavy atom. The number of hydrogen-bond acceptors (Lipinski definition) is 6. The third-order valence-electron chi connectivity index (χ3n) is 4.73. The second-order valence-corrected chi connectivity index (χ2v) is 7.33. The van der Waals surface area contributed by atoms with Crippen LogP contribution in [0.15, 0.2) is 47.8 Å². The molecule has 0 aliphatic heterocycles. The van der Waals surface area contributed by atoms with Crippen LogP contribution < -0.4 is 15.6 Å². The molecule has 0 bridgehead atoms. The third kappa shape index (κ3) is 4.29. The van der Waals surface area contributed by atoms with Crippen molar-refractivity contribution in [3.63, 3.8) is 0 Å². The van der Waals surface area contributed by atoms with Crippen molar-refractivity contribution in [2.75, 3.05) is 13.7 Å². The summed E-state index contributed by atoms with van der Waals surface area (Å²) in [5.41, 5.74) is 1.56. The largest absolute Gasteiger partial charge is 0.479 e. The molecular formula is C20H20ClN7O3. The molecule has 4 rings (SSSR count). The molecule has 0 saturated carbocycles. The highest BCUT2D eigenvalue weighted by atomic mass is 35.5. The average molecular weight is 442 g/mol. The maximum atomic E-state index is 12.8. The Labute approximate surface area is 182 Å². The van der Waals surface area contributed by atoms with Gasteiger partial charge in [0.15, 0.2) is 5.65 Å². The maximum Gasteiger partial charge on any atom is 0.264 e. The van der Waals surface area contributed by atoms with Crippen LogP contribution in [0.4, 0.5) is 0 Å². The summed E-state index contributed by atoms with van der Waals surface area (Å²) >= 11 is 5.91. The number of halogens is 1. The van der Waals surface area contributed by atoms with Crippen LogP contribution in [0.3, 0.4) is 0 Å². The zero-order chi connectivity index (χ0) is 22.0. The molecule has 0 aliphatic carbocycles. The Bertz CT molecular complexity index is 1290. The van der Waals surface area contributed by atoms with Crippen molar-refractivity contribution in [2.24, 2.45) is 7.05 Å². The van der Waals surface area contributed by atoms with Gasteiger partial charge < -0.3 is 10.1 Å². The van der Waals surface area contributed by atoms with Gasteiger partial charge in [-0.25, -0.2) is 9.67 Å². The fourth-order valence-corrected chi connectivity index (χ4v) is 3.33. The summed E-state index contributed by atoms with van der Waals surface area (Å²) in [6, 6.07) is 7.28.